The van der Waals surface area contributed by atoms with Gasteiger partial charge in [-0.05, 0) is 6.04 Å². The normalized spacial score (nSPS) is 13.7. The Bertz CT molecular complexity index is 44.8. The van der Waals surface area contributed by atoms with Crippen molar-refractivity contribution in [1.82, 2.24) is 0 Å². The molecule has 0 rings (SSSR count). The van der Waals surface area contributed by atoms with E-state index in [1.807, 2.05) is 6.92 Å². The zero-order valence-corrected chi connectivity index (χ0v) is 5.17. The van der Waals surface area contributed by atoms with Crippen LogP contribution in [0.4, 0.5) is 0 Å². The second-order valence-corrected chi connectivity index (χ2v) is 3.63. The molecule has 2 heteroatoms. The Kier molecular flexibility index (Phi) is 3.08. The van der Waals surface area contributed by atoms with Gasteiger partial charge in [0.1, 0.15) is 0 Å². The van der Waals surface area contributed by atoms with Crippen LogP contribution >= 0.6 is 0 Å². The van der Waals surface area contributed by atoms with Gasteiger partial charge in [-0.2, -0.15) is 0 Å². The van der Waals surface area contributed by atoms with Crippen LogP contribution < -0.4 is 0 Å². The fraction of sp³-hybridized carbons (Fsp3) is 0.500. The highest BCUT2D eigenvalue weighted by Crippen LogP contribution is 1.82. The second kappa shape index (κ2) is 3.12. The number of rotatable bonds is 2. The minimum atomic E-state index is -1.40. The zero-order chi connectivity index (χ0) is 4.99. The molecule has 0 saturated heterocycles. The summed E-state index contributed by atoms with van der Waals surface area (Å²) >= 11 is 0. The lowest BCUT2D eigenvalue weighted by Gasteiger charge is -1.90. The maximum absolute atomic E-state index is 8.69. The molecule has 0 aliphatic carbocycles. The molecule has 0 aromatic heterocycles. The first kappa shape index (κ1) is 5.92. The summed E-state index contributed by atoms with van der Waals surface area (Å²) in [5, 5.41) is 0. The molecule has 0 radical (unpaired) electrons. The lowest BCUT2D eigenvalue weighted by molar-refractivity contribution is 0.585. The highest BCUT2D eigenvalue weighted by atomic mass is 28.3. The summed E-state index contributed by atoms with van der Waals surface area (Å²) in [5.41, 5.74) is 1.67. The van der Waals surface area contributed by atoms with Gasteiger partial charge < -0.3 is 4.80 Å². The van der Waals surface area contributed by atoms with Gasteiger partial charge in [0.05, 0.1) is 0 Å². The van der Waals surface area contributed by atoms with Gasteiger partial charge in [-0.1, -0.05) is 12.6 Å². The van der Waals surface area contributed by atoms with Crippen LogP contribution in [0, 0.1) is 0 Å². The third-order valence-corrected chi connectivity index (χ3v) is 2.07. The first-order valence-electron chi connectivity index (χ1n) is 2.12. The molecule has 0 fully saturated rings. The van der Waals surface area contributed by atoms with Crippen molar-refractivity contribution in [3.05, 3.63) is 12.3 Å². The molecule has 1 unspecified atom stereocenters. The van der Waals surface area contributed by atoms with Crippen molar-refractivity contribution in [2.75, 3.05) is 0 Å². The van der Waals surface area contributed by atoms with Crippen LogP contribution in [0.3, 0.4) is 0 Å². The minimum Gasteiger partial charge on any atom is -0.431 e. The van der Waals surface area contributed by atoms with Gasteiger partial charge in [0.15, 0.2) is 9.04 Å². The molecule has 6 heavy (non-hydrogen) atoms. The van der Waals surface area contributed by atoms with Gasteiger partial charge in [0.25, 0.3) is 0 Å². The summed E-state index contributed by atoms with van der Waals surface area (Å²) in [6, 6.07) is 0.906. The minimum absolute atomic E-state index is 0.906. The van der Waals surface area contributed by atoms with Crippen molar-refractivity contribution in [2.24, 2.45) is 0 Å². The van der Waals surface area contributed by atoms with E-state index in [2.05, 4.69) is 6.58 Å². The molecule has 1 nitrogen and oxygen atoms in total. The van der Waals surface area contributed by atoms with Crippen LogP contribution in [0.15, 0.2) is 12.3 Å². The summed E-state index contributed by atoms with van der Waals surface area (Å²) in [5.74, 6) is 0. The average Bonchev–Trinajstić information content (AvgIpc) is 1.65. The van der Waals surface area contributed by atoms with Crippen molar-refractivity contribution < 1.29 is 4.80 Å². The zero-order valence-electron chi connectivity index (χ0n) is 4.02. The van der Waals surface area contributed by atoms with Crippen LogP contribution in [-0.2, 0) is 0 Å². The van der Waals surface area contributed by atoms with E-state index in [1.54, 1.807) is 5.70 Å². The maximum Gasteiger partial charge on any atom is 0.196 e. The van der Waals surface area contributed by atoms with Crippen molar-refractivity contribution in [3.63, 3.8) is 0 Å². The van der Waals surface area contributed by atoms with Crippen molar-refractivity contribution in [3.8, 4) is 0 Å². The van der Waals surface area contributed by atoms with E-state index < -0.39 is 9.04 Å². The Morgan fingerprint density at radius 3 is 2.50 bits per heavy atom. The van der Waals surface area contributed by atoms with E-state index >= 15 is 0 Å². The average molecular weight is 102 g/mol. The summed E-state index contributed by atoms with van der Waals surface area (Å²) in [7, 11) is -1.40. The predicted molar refractivity (Wildman–Crippen MR) is 30.0 cm³/mol. The van der Waals surface area contributed by atoms with Gasteiger partial charge in [-0.15, -0.1) is 6.58 Å². The second-order valence-electron chi connectivity index (χ2n) is 1.21. The third kappa shape index (κ3) is 2.17. The van der Waals surface area contributed by atoms with Crippen LogP contribution in [0.2, 0.25) is 6.04 Å². The maximum atomic E-state index is 8.69. The lowest BCUT2D eigenvalue weighted by Crippen LogP contribution is -2.03. The third-order valence-electron chi connectivity index (χ3n) is 0.690. The molecule has 36 valence electrons. The summed E-state index contributed by atoms with van der Waals surface area (Å²) in [4.78, 5) is 8.69. The number of hydrogen-bond acceptors (Lipinski definition) is 1. The largest absolute Gasteiger partial charge is 0.431 e. The number of hydrogen-bond donors (Lipinski definition) is 1. The molecule has 0 bridgehead atoms. The molecular weight excluding hydrogens is 92.1 g/mol. The molecular formula is C4H10OSi. The van der Waals surface area contributed by atoms with E-state index in [0.717, 1.165) is 6.04 Å². The Morgan fingerprint density at radius 2 is 2.50 bits per heavy atom. The molecule has 0 aromatic rings. The highest BCUT2D eigenvalue weighted by molar-refractivity contribution is 6.55. The molecule has 0 aliphatic rings. The van der Waals surface area contributed by atoms with Gasteiger partial charge >= 0.3 is 0 Å². The topological polar surface area (TPSA) is 20.2 Å². The smallest absolute Gasteiger partial charge is 0.196 e. The quantitative estimate of drug-likeness (QED) is 0.502. The van der Waals surface area contributed by atoms with Crippen LogP contribution in [0.1, 0.15) is 6.92 Å². The van der Waals surface area contributed by atoms with E-state index in [0.29, 0.717) is 0 Å². The molecule has 0 saturated carbocycles. The van der Waals surface area contributed by atoms with E-state index in [4.69, 9.17) is 4.80 Å². The molecule has 0 aliphatic heterocycles. The van der Waals surface area contributed by atoms with Crippen molar-refractivity contribution in [1.29, 1.82) is 0 Å². The summed E-state index contributed by atoms with van der Waals surface area (Å²) in [6.07, 6.45) is 0. The lowest BCUT2D eigenvalue weighted by atomic mass is 11.0. The van der Waals surface area contributed by atoms with E-state index in [-0.39, 0.29) is 0 Å². The Balaban J connectivity index is 2.96. The molecule has 1 atom stereocenters. The molecule has 0 aromatic carbocycles. The van der Waals surface area contributed by atoms with Crippen molar-refractivity contribution >= 4 is 9.04 Å². The molecule has 1 N–H and O–H groups in total. The van der Waals surface area contributed by atoms with Crippen LogP contribution in [0.5, 0.6) is 0 Å². The first-order chi connectivity index (χ1) is 2.81. The fourth-order valence-corrected chi connectivity index (χ4v) is 0.500. The Morgan fingerprint density at radius 1 is 2.00 bits per heavy atom. The summed E-state index contributed by atoms with van der Waals surface area (Å²) in [6.45, 7) is 5.41. The van der Waals surface area contributed by atoms with Gasteiger partial charge in [-0.3, -0.25) is 0 Å². The van der Waals surface area contributed by atoms with Crippen molar-refractivity contribution in [2.45, 2.75) is 13.0 Å². The van der Waals surface area contributed by atoms with Crippen LogP contribution in [-0.4, -0.2) is 13.8 Å². The molecule has 0 amide bonds. The van der Waals surface area contributed by atoms with Gasteiger partial charge in [-0.25, -0.2) is 0 Å². The van der Waals surface area contributed by atoms with E-state index in [1.165, 1.54) is 0 Å². The summed E-state index contributed by atoms with van der Waals surface area (Å²) < 4.78 is 0. The SMILES string of the molecule is C=C[SiH](O)CC. The molecule has 0 spiro atoms. The predicted octanol–water partition coefficient (Wildman–Crippen LogP) is 0.448. The monoisotopic (exact) mass is 102 g/mol. The molecule has 0 heterocycles. The standard InChI is InChI=1S/C4H10OSi/c1-3-6(5)4-2/h3,5-6H,1,4H2,2H3. The Hall–Kier alpha value is -0.0831. The Labute approximate surface area is 40.0 Å². The fourth-order valence-electron chi connectivity index (χ4n) is 0.167. The van der Waals surface area contributed by atoms with Crippen LogP contribution in [0.25, 0.3) is 0 Å². The highest BCUT2D eigenvalue weighted by Gasteiger charge is 1.90. The van der Waals surface area contributed by atoms with Gasteiger partial charge in [0, 0.05) is 0 Å². The first-order valence-corrected chi connectivity index (χ1v) is 4.11. The van der Waals surface area contributed by atoms with Gasteiger partial charge in [0.2, 0.25) is 0 Å². The van der Waals surface area contributed by atoms with E-state index in [9.17, 15) is 0 Å².